The number of hydrogen-bond acceptors (Lipinski definition) is 4. The molecule has 0 aliphatic heterocycles. The van der Waals surface area contributed by atoms with E-state index in [4.69, 9.17) is 5.73 Å². The van der Waals surface area contributed by atoms with Crippen molar-refractivity contribution in [2.45, 2.75) is 28.9 Å². The number of thioether (sulfide) groups is 1. The highest BCUT2D eigenvalue weighted by Crippen LogP contribution is 2.38. The summed E-state index contributed by atoms with van der Waals surface area (Å²) in [5, 5.41) is 2.30. The van der Waals surface area contributed by atoms with E-state index in [-0.39, 0.29) is 28.9 Å². The number of pyridine rings is 1. The van der Waals surface area contributed by atoms with Gasteiger partial charge in [0.2, 0.25) is 5.91 Å². The van der Waals surface area contributed by atoms with Gasteiger partial charge in [-0.25, -0.2) is 9.37 Å². The van der Waals surface area contributed by atoms with Crippen LogP contribution in [0.25, 0.3) is 0 Å². The van der Waals surface area contributed by atoms with Gasteiger partial charge in [0.05, 0.1) is 11.9 Å². The summed E-state index contributed by atoms with van der Waals surface area (Å²) in [6, 6.07) is 6.86. The lowest BCUT2D eigenvalue weighted by Crippen LogP contribution is -2.46. The van der Waals surface area contributed by atoms with Crippen LogP contribution in [0.1, 0.15) is 17.5 Å². The zero-order valence-electron chi connectivity index (χ0n) is 12.7. The van der Waals surface area contributed by atoms with E-state index < -0.39 is 22.8 Å². The van der Waals surface area contributed by atoms with Crippen molar-refractivity contribution in [3.05, 3.63) is 53.5 Å². The molecule has 1 amide bonds. The Bertz CT molecular complexity index is 810. The normalized spacial score (nSPS) is 19.6. The molecule has 0 fully saturated rings. The molecule has 4 nitrogen and oxygen atoms in total. The second-order valence-corrected chi connectivity index (χ2v) is 6.71. The number of carbonyl (C=O) groups excluding carboxylic acids is 1. The first-order valence-corrected chi connectivity index (χ1v) is 8.11. The Balaban J connectivity index is 1.76. The average molecular weight is 371 g/mol. The number of nitrogens with two attached hydrogens (primary N) is 1. The fourth-order valence-electron chi connectivity index (χ4n) is 2.80. The molecule has 1 aliphatic rings. The number of hydrogen-bond donors (Lipinski definition) is 2. The molecular weight excluding hydrogens is 358 g/mol. The highest BCUT2D eigenvalue weighted by Gasteiger charge is 2.43. The Morgan fingerprint density at radius 1 is 1.28 bits per heavy atom. The standard InChI is InChI=1S/C16H13F4N3OS/c17-12-3-1-2-11-10(12)6-7-15(11,21)14(24)23-9-4-5-13(22-8-9)25-16(18,19)20/h1-5,8H,6-7,21H2,(H,23,24). The molecule has 1 aromatic carbocycles. The Morgan fingerprint density at radius 3 is 2.68 bits per heavy atom. The maximum atomic E-state index is 13.8. The molecule has 1 aliphatic carbocycles. The molecule has 25 heavy (non-hydrogen) atoms. The quantitative estimate of drug-likeness (QED) is 0.639. The number of rotatable bonds is 3. The Morgan fingerprint density at radius 2 is 2.04 bits per heavy atom. The summed E-state index contributed by atoms with van der Waals surface area (Å²) in [5.74, 6) is -0.970. The molecule has 0 bridgehead atoms. The van der Waals surface area contributed by atoms with Crippen LogP contribution >= 0.6 is 11.8 Å². The number of nitrogens with one attached hydrogen (secondary N) is 1. The molecule has 1 heterocycles. The number of alkyl halides is 3. The van der Waals surface area contributed by atoms with Gasteiger partial charge in [0.15, 0.2) is 0 Å². The second kappa shape index (κ2) is 6.30. The minimum Gasteiger partial charge on any atom is -0.323 e. The number of fused-ring (bicyclic) bond motifs is 1. The van der Waals surface area contributed by atoms with Crippen LogP contribution < -0.4 is 11.1 Å². The van der Waals surface area contributed by atoms with E-state index in [0.717, 1.165) is 12.3 Å². The van der Waals surface area contributed by atoms with Crippen LogP contribution in [0.4, 0.5) is 23.2 Å². The monoisotopic (exact) mass is 371 g/mol. The van der Waals surface area contributed by atoms with Gasteiger partial charge in [0, 0.05) is 11.8 Å². The molecule has 1 aromatic heterocycles. The first-order valence-electron chi connectivity index (χ1n) is 7.29. The molecule has 2 aromatic rings. The highest BCUT2D eigenvalue weighted by molar-refractivity contribution is 8.00. The van der Waals surface area contributed by atoms with Crippen LogP contribution in [-0.2, 0) is 16.8 Å². The SMILES string of the molecule is NC1(C(=O)Nc2ccc(SC(F)(F)F)nc2)CCc2c(F)cccc21. The van der Waals surface area contributed by atoms with E-state index in [1.165, 1.54) is 18.2 Å². The first kappa shape index (κ1) is 17.7. The minimum absolute atomic E-state index is 0.214. The molecule has 9 heteroatoms. The molecule has 1 atom stereocenters. The van der Waals surface area contributed by atoms with Crippen LogP contribution in [0.2, 0.25) is 0 Å². The fourth-order valence-corrected chi connectivity index (χ4v) is 3.28. The number of halogens is 4. The van der Waals surface area contributed by atoms with Crippen molar-refractivity contribution in [2.24, 2.45) is 5.73 Å². The number of aromatic nitrogens is 1. The largest absolute Gasteiger partial charge is 0.447 e. The minimum atomic E-state index is -4.43. The molecule has 3 N–H and O–H groups in total. The Labute approximate surface area is 144 Å². The van der Waals surface area contributed by atoms with E-state index >= 15 is 0 Å². The summed E-state index contributed by atoms with van der Waals surface area (Å²) >= 11 is -0.345. The van der Waals surface area contributed by atoms with Crippen molar-refractivity contribution in [2.75, 3.05) is 5.32 Å². The third-order valence-electron chi connectivity index (χ3n) is 3.99. The van der Waals surface area contributed by atoms with Gasteiger partial charge in [-0.05, 0) is 42.2 Å². The molecule has 0 saturated carbocycles. The zero-order valence-corrected chi connectivity index (χ0v) is 13.5. The fraction of sp³-hybridized carbons (Fsp3) is 0.250. The van der Waals surface area contributed by atoms with Gasteiger partial charge in [-0.2, -0.15) is 13.2 Å². The predicted octanol–water partition coefficient (Wildman–Crippen LogP) is 3.57. The molecular formula is C16H13F4N3OS. The topological polar surface area (TPSA) is 68.0 Å². The van der Waals surface area contributed by atoms with Crippen LogP contribution in [-0.4, -0.2) is 16.4 Å². The van der Waals surface area contributed by atoms with Crippen molar-refractivity contribution in [1.29, 1.82) is 0 Å². The number of amides is 1. The number of carbonyl (C=O) groups is 1. The Hall–Kier alpha value is -2.13. The van der Waals surface area contributed by atoms with E-state index in [0.29, 0.717) is 17.5 Å². The van der Waals surface area contributed by atoms with Gasteiger partial charge in [-0.1, -0.05) is 12.1 Å². The molecule has 132 valence electrons. The second-order valence-electron chi connectivity index (χ2n) is 5.62. The van der Waals surface area contributed by atoms with Gasteiger partial charge in [0.1, 0.15) is 16.4 Å². The highest BCUT2D eigenvalue weighted by atomic mass is 32.2. The van der Waals surface area contributed by atoms with E-state index in [1.807, 2.05) is 0 Å². The van der Waals surface area contributed by atoms with Gasteiger partial charge in [-0.3, -0.25) is 4.79 Å². The van der Waals surface area contributed by atoms with Crippen molar-refractivity contribution in [1.82, 2.24) is 4.98 Å². The van der Waals surface area contributed by atoms with Crippen LogP contribution in [0.3, 0.4) is 0 Å². The zero-order chi connectivity index (χ0) is 18.2. The predicted molar refractivity (Wildman–Crippen MR) is 85.4 cm³/mol. The lowest BCUT2D eigenvalue weighted by molar-refractivity contribution is -0.121. The van der Waals surface area contributed by atoms with Gasteiger partial charge >= 0.3 is 5.51 Å². The van der Waals surface area contributed by atoms with Gasteiger partial charge in [0.25, 0.3) is 0 Å². The number of benzene rings is 1. The summed E-state index contributed by atoms with van der Waals surface area (Å²) in [5.41, 5.74) is 1.41. The Kier molecular flexibility index (Phi) is 4.46. The lowest BCUT2D eigenvalue weighted by Gasteiger charge is -2.24. The average Bonchev–Trinajstić information content (AvgIpc) is 2.88. The maximum Gasteiger partial charge on any atom is 0.447 e. The molecule has 3 rings (SSSR count). The summed E-state index contributed by atoms with van der Waals surface area (Å²) < 4.78 is 50.7. The van der Waals surface area contributed by atoms with Crippen molar-refractivity contribution in [3.63, 3.8) is 0 Å². The van der Waals surface area contributed by atoms with Gasteiger partial charge < -0.3 is 11.1 Å². The van der Waals surface area contributed by atoms with Gasteiger partial charge in [-0.15, -0.1) is 0 Å². The number of nitrogens with zero attached hydrogens (tertiary/aromatic N) is 1. The van der Waals surface area contributed by atoms with Crippen LogP contribution in [0.15, 0.2) is 41.6 Å². The molecule has 0 radical (unpaired) electrons. The van der Waals surface area contributed by atoms with Crippen molar-refractivity contribution < 1.29 is 22.4 Å². The van der Waals surface area contributed by atoms with E-state index in [2.05, 4.69) is 10.3 Å². The van der Waals surface area contributed by atoms with E-state index in [9.17, 15) is 22.4 Å². The maximum absolute atomic E-state index is 13.8. The molecule has 1 unspecified atom stereocenters. The lowest BCUT2D eigenvalue weighted by atomic mass is 9.92. The summed E-state index contributed by atoms with van der Waals surface area (Å²) in [6.07, 6.45) is 1.70. The summed E-state index contributed by atoms with van der Waals surface area (Å²) in [4.78, 5) is 16.2. The van der Waals surface area contributed by atoms with Crippen LogP contribution in [0.5, 0.6) is 0 Å². The number of anilines is 1. The smallest absolute Gasteiger partial charge is 0.323 e. The van der Waals surface area contributed by atoms with Crippen molar-refractivity contribution in [3.8, 4) is 0 Å². The molecule has 0 saturated heterocycles. The summed E-state index contributed by atoms with van der Waals surface area (Å²) in [7, 11) is 0. The van der Waals surface area contributed by atoms with Crippen molar-refractivity contribution >= 4 is 23.4 Å². The van der Waals surface area contributed by atoms with Crippen LogP contribution in [0, 0.1) is 5.82 Å². The third-order valence-corrected chi connectivity index (χ3v) is 4.67. The van der Waals surface area contributed by atoms with E-state index in [1.54, 1.807) is 6.07 Å². The first-order chi connectivity index (χ1) is 11.7. The third kappa shape index (κ3) is 3.62. The molecule has 0 spiro atoms. The summed E-state index contributed by atoms with van der Waals surface area (Å²) in [6.45, 7) is 0.